The number of amides is 1. The number of fused-ring (bicyclic) bond motifs is 1. The van der Waals surface area contributed by atoms with Crippen LogP contribution in [-0.2, 0) is 17.9 Å². The number of aromatic nitrogens is 2. The highest BCUT2D eigenvalue weighted by atomic mass is 19.1. The van der Waals surface area contributed by atoms with Gasteiger partial charge in [-0.1, -0.05) is 36.4 Å². The summed E-state index contributed by atoms with van der Waals surface area (Å²) in [4.78, 5) is 17.4. The first kappa shape index (κ1) is 26.0. The van der Waals surface area contributed by atoms with E-state index in [1.807, 2.05) is 42.5 Å². The van der Waals surface area contributed by atoms with Gasteiger partial charge in [0.1, 0.15) is 17.3 Å². The normalized spacial score (nSPS) is 11.8. The Balaban J connectivity index is 1.54. The number of hydrogen-bond acceptors (Lipinski definition) is 4. The molecule has 198 valence electrons. The average Bonchev–Trinajstić information content (AvgIpc) is 3.34. The van der Waals surface area contributed by atoms with E-state index in [1.165, 1.54) is 12.1 Å². The summed E-state index contributed by atoms with van der Waals surface area (Å²) in [6, 6.07) is 24.2. The van der Waals surface area contributed by atoms with Gasteiger partial charge in [-0.3, -0.25) is 9.78 Å². The van der Waals surface area contributed by atoms with Crippen LogP contribution in [0.2, 0.25) is 0 Å². The molecule has 0 radical (unpaired) electrons. The highest BCUT2D eigenvalue weighted by Gasteiger charge is 2.24. The van der Waals surface area contributed by atoms with Crippen LogP contribution in [0.1, 0.15) is 34.6 Å². The van der Waals surface area contributed by atoms with Crippen molar-refractivity contribution in [2.24, 2.45) is 0 Å². The monoisotopic (exact) mass is 523 g/mol. The van der Waals surface area contributed by atoms with Crippen LogP contribution in [0, 0.1) is 5.82 Å². The number of ether oxygens (including phenoxy) is 2. The van der Waals surface area contributed by atoms with E-state index in [4.69, 9.17) is 9.47 Å². The number of hydrogen-bond donors (Lipinski definition) is 1. The van der Waals surface area contributed by atoms with E-state index in [9.17, 15) is 9.18 Å². The Hall–Kier alpha value is -4.65. The SMILES string of the molecule is COc1cc(OC)cc([C@H](CC(=O)NCc2cccnc2)c2cn(Cc3ccc(F)cc3)c3ccccc23)c1. The Labute approximate surface area is 227 Å². The predicted octanol–water partition coefficient (Wildman–Crippen LogP) is 6.08. The van der Waals surface area contributed by atoms with Crippen LogP contribution in [0.4, 0.5) is 4.39 Å². The van der Waals surface area contributed by atoms with E-state index < -0.39 is 0 Å². The Morgan fingerprint density at radius 3 is 2.38 bits per heavy atom. The lowest BCUT2D eigenvalue weighted by atomic mass is 9.87. The Bertz CT molecular complexity index is 1540. The molecule has 0 aliphatic carbocycles. The maximum atomic E-state index is 13.5. The number of carbonyl (C=O) groups excluding carboxylic acids is 1. The van der Waals surface area contributed by atoms with Crippen molar-refractivity contribution < 1.29 is 18.7 Å². The molecule has 0 bridgehead atoms. The number of methoxy groups -OCH3 is 2. The van der Waals surface area contributed by atoms with Crippen LogP contribution in [0.3, 0.4) is 0 Å². The lowest BCUT2D eigenvalue weighted by Gasteiger charge is -2.19. The summed E-state index contributed by atoms with van der Waals surface area (Å²) in [6.45, 7) is 0.968. The minimum absolute atomic E-state index is 0.0824. The van der Waals surface area contributed by atoms with E-state index >= 15 is 0 Å². The minimum atomic E-state index is -0.276. The number of nitrogens with zero attached hydrogens (tertiary/aromatic N) is 2. The molecule has 2 heterocycles. The summed E-state index contributed by atoms with van der Waals surface area (Å²) in [5.74, 6) is 0.685. The number of benzene rings is 3. The lowest BCUT2D eigenvalue weighted by molar-refractivity contribution is -0.121. The van der Waals surface area contributed by atoms with Gasteiger partial charge in [0.2, 0.25) is 5.91 Å². The highest BCUT2D eigenvalue weighted by molar-refractivity contribution is 5.87. The highest BCUT2D eigenvalue weighted by Crippen LogP contribution is 2.38. The Morgan fingerprint density at radius 2 is 1.69 bits per heavy atom. The molecule has 1 N–H and O–H groups in total. The maximum Gasteiger partial charge on any atom is 0.221 e. The molecule has 0 fully saturated rings. The molecule has 6 nitrogen and oxygen atoms in total. The summed E-state index contributed by atoms with van der Waals surface area (Å²) in [5, 5.41) is 4.09. The van der Waals surface area contributed by atoms with Gasteiger partial charge in [0.15, 0.2) is 0 Å². The fraction of sp³-hybridized carbons (Fsp3) is 0.188. The zero-order valence-electron chi connectivity index (χ0n) is 21.9. The molecule has 7 heteroatoms. The van der Waals surface area contributed by atoms with Gasteiger partial charge in [0, 0.05) is 61.0 Å². The fourth-order valence-electron chi connectivity index (χ4n) is 4.87. The molecular weight excluding hydrogens is 493 g/mol. The van der Waals surface area contributed by atoms with Gasteiger partial charge in [-0.05, 0) is 58.7 Å². The van der Waals surface area contributed by atoms with E-state index in [2.05, 4.69) is 33.2 Å². The molecule has 0 aliphatic heterocycles. The van der Waals surface area contributed by atoms with Crippen LogP contribution < -0.4 is 14.8 Å². The molecule has 0 saturated carbocycles. The van der Waals surface area contributed by atoms with Gasteiger partial charge in [-0.15, -0.1) is 0 Å². The van der Waals surface area contributed by atoms with Crippen molar-refractivity contribution in [2.45, 2.75) is 25.4 Å². The molecule has 5 aromatic rings. The fourth-order valence-corrected chi connectivity index (χ4v) is 4.87. The molecule has 39 heavy (non-hydrogen) atoms. The third-order valence-corrected chi connectivity index (χ3v) is 6.84. The standard InChI is InChI=1S/C32H30FN3O3/c1-38-26-14-24(15-27(16-26)39-2)29(17-32(37)35-19-23-6-5-13-34-18-23)30-21-36(31-8-4-3-7-28(30)31)20-22-9-11-25(33)12-10-22/h3-16,18,21,29H,17,19-20H2,1-2H3,(H,35,37)/t29-/m0/s1. The summed E-state index contributed by atoms with van der Waals surface area (Å²) in [5.41, 5.74) is 4.87. The first-order chi connectivity index (χ1) is 19.0. The predicted molar refractivity (Wildman–Crippen MR) is 150 cm³/mol. The summed E-state index contributed by atoms with van der Waals surface area (Å²) < 4.78 is 26.8. The topological polar surface area (TPSA) is 65.4 Å². The van der Waals surface area contributed by atoms with Crippen LogP contribution in [0.25, 0.3) is 10.9 Å². The van der Waals surface area contributed by atoms with Gasteiger partial charge >= 0.3 is 0 Å². The van der Waals surface area contributed by atoms with Crippen molar-refractivity contribution in [3.63, 3.8) is 0 Å². The van der Waals surface area contributed by atoms with Gasteiger partial charge in [0.25, 0.3) is 0 Å². The van der Waals surface area contributed by atoms with Crippen LogP contribution in [0.5, 0.6) is 11.5 Å². The first-order valence-electron chi connectivity index (χ1n) is 12.7. The molecule has 0 aliphatic rings. The second kappa shape index (κ2) is 11.8. The average molecular weight is 524 g/mol. The maximum absolute atomic E-state index is 13.5. The molecule has 5 rings (SSSR count). The number of pyridine rings is 1. The molecule has 0 saturated heterocycles. The molecule has 3 aromatic carbocycles. The lowest BCUT2D eigenvalue weighted by Crippen LogP contribution is -2.25. The molecule has 1 amide bonds. The van der Waals surface area contributed by atoms with Crippen molar-refractivity contribution in [1.82, 2.24) is 14.9 Å². The number of halogens is 1. The number of para-hydroxylation sites is 1. The first-order valence-corrected chi connectivity index (χ1v) is 12.7. The van der Waals surface area contributed by atoms with Crippen LogP contribution in [0.15, 0.2) is 97.5 Å². The molecule has 1 atom stereocenters. The Morgan fingerprint density at radius 1 is 0.949 bits per heavy atom. The van der Waals surface area contributed by atoms with E-state index in [0.717, 1.165) is 33.2 Å². The quantitative estimate of drug-likeness (QED) is 0.241. The Kier molecular flexibility index (Phi) is 7.87. The second-order valence-corrected chi connectivity index (χ2v) is 9.40. The van der Waals surface area contributed by atoms with E-state index in [0.29, 0.717) is 24.6 Å². The minimum Gasteiger partial charge on any atom is -0.497 e. The number of carbonyl (C=O) groups is 1. The van der Waals surface area contributed by atoms with E-state index in [1.54, 1.807) is 38.7 Å². The van der Waals surface area contributed by atoms with Gasteiger partial charge in [-0.25, -0.2) is 4.39 Å². The van der Waals surface area contributed by atoms with E-state index in [-0.39, 0.29) is 24.1 Å². The van der Waals surface area contributed by atoms with Crippen LogP contribution in [-0.4, -0.2) is 29.7 Å². The smallest absolute Gasteiger partial charge is 0.221 e. The molecule has 0 spiro atoms. The van der Waals surface area contributed by atoms with Crippen LogP contribution >= 0.6 is 0 Å². The number of rotatable bonds is 10. The summed E-state index contributed by atoms with van der Waals surface area (Å²) >= 11 is 0. The third kappa shape index (κ3) is 6.09. The van der Waals surface area contributed by atoms with Crippen molar-refractivity contribution in [3.8, 4) is 11.5 Å². The van der Waals surface area contributed by atoms with Crippen molar-refractivity contribution in [3.05, 3.63) is 126 Å². The second-order valence-electron chi connectivity index (χ2n) is 9.40. The zero-order chi connectivity index (χ0) is 27.2. The van der Waals surface area contributed by atoms with Gasteiger partial charge in [-0.2, -0.15) is 0 Å². The third-order valence-electron chi connectivity index (χ3n) is 6.84. The summed E-state index contributed by atoms with van der Waals surface area (Å²) in [6.07, 6.45) is 5.77. The van der Waals surface area contributed by atoms with Gasteiger partial charge < -0.3 is 19.4 Å². The van der Waals surface area contributed by atoms with Gasteiger partial charge in [0.05, 0.1) is 14.2 Å². The molecular formula is C32H30FN3O3. The molecule has 2 aromatic heterocycles. The zero-order valence-corrected chi connectivity index (χ0v) is 21.9. The number of nitrogens with one attached hydrogen (secondary N) is 1. The van der Waals surface area contributed by atoms with Crippen molar-refractivity contribution in [1.29, 1.82) is 0 Å². The largest absolute Gasteiger partial charge is 0.497 e. The molecule has 0 unspecified atom stereocenters. The van der Waals surface area contributed by atoms with Crippen molar-refractivity contribution in [2.75, 3.05) is 14.2 Å². The summed E-state index contributed by atoms with van der Waals surface area (Å²) in [7, 11) is 3.23. The van der Waals surface area contributed by atoms with Crippen molar-refractivity contribution >= 4 is 16.8 Å².